The Labute approximate surface area is 166 Å². The van der Waals surface area contributed by atoms with Crippen LogP contribution in [0.15, 0.2) is 24.3 Å². The molecule has 1 heterocycles. The third-order valence-electron chi connectivity index (χ3n) is 7.52. The summed E-state index contributed by atoms with van der Waals surface area (Å²) in [6.45, 7) is 3.13. The molecule has 4 heteroatoms. The first-order valence-corrected chi connectivity index (χ1v) is 11.3. The molecule has 144 valence electrons. The van der Waals surface area contributed by atoms with Gasteiger partial charge in [-0.05, 0) is 87.1 Å². The molecule has 0 N–H and O–H groups in total. The van der Waals surface area contributed by atoms with Crippen LogP contribution in [0.5, 0.6) is 0 Å². The first-order chi connectivity index (χ1) is 13.1. The smallest absolute Gasteiger partial charge is 0.239 e. The van der Waals surface area contributed by atoms with E-state index in [0.29, 0.717) is 10.7 Å². The summed E-state index contributed by atoms with van der Waals surface area (Å²) in [6, 6.07) is 8.31. The van der Waals surface area contributed by atoms with Crippen LogP contribution >= 0.6 is 12.2 Å². The molecule has 2 aromatic rings. The van der Waals surface area contributed by atoms with E-state index >= 15 is 0 Å². The van der Waals surface area contributed by atoms with Gasteiger partial charge in [0.15, 0.2) is 4.77 Å². The minimum absolute atomic E-state index is 0.147. The van der Waals surface area contributed by atoms with Crippen molar-refractivity contribution in [1.29, 1.82) is 0 Å². The van der Waals surface area contributed by atoms with Crippen LogP contribution < -0.4 is 0 Å². The number of aromatic nitrogens is 2. The molecule has 0 radical (unpaired) electrons. The Balaban J connectivity index is 1.58. The van der Waals surface area contributed by atoms with Crippen molar-refractivity contribution in [3.8, 4) is 0 Å². The van der Waals surface area contributed by atoms with Crippen LogP contribution in [0.3, 0.4) is 0 Å². The molecule has 4 aliphatic rings. The first kappa shape index (κ1) is 17.7. The number of benzene rings is 1. The van der Waals surface area contributed by atoms with Crippen LogP contribution in [0.2, 0.25) is 0 Å². The number of hydrogen-bond acceptors (Lipinski definition) is 2. The molecule has 6 rings (SSSR count). The number of rotatable bonds is 5. The Hall–Kier alpha value is -1.42. The topological polar surface area (TPSA) is 26.9 Å². The SMILES string of the molecule is CCCCCn1c(=S)n(C(=O)C23CC4CC(CC(C4)C2)C3)c2ccccc21. The normalized spacial score (nSPS) is 31.7. The van der Waals surface area contributed by atoms with Gasteiger partial charge in [0.1, 0.15) is 0 Å². The number of fused-ring (bicyclic) bond motifs is 1. The summed E-state index contributed by atoms with van der Waals surface area (Å²) < 4.78 is 4.84. The van der Waals surface area contributed by atoms with Crippen molar-refractivity contribution in [3.63, 3.8) is 0 Å². The lowest BCUT2D eigenvalue weighted by atomic mass is 9.49. The van der Waals surface area contributed by atoms with E-state index in [-0.39, 0.29) is 5.41 Å². The van der Waals surface area contributed by atoms with Crippen molar-refractivity contribution in [2.75, 3.05) is 0 Å². The second-order valence-electron chi connectivity index (χ2n) is 9.47. The molecule has 0 amide bonds. The van der Waals surface area contributed by atoms with Gasteiger partial charge >= 0.3 is 0 Å². The van der Waals surface area contributed by atoms with Crippen LogP contribution in [0, 0.1) is 27.9 Å². The fourth-order valence-corrected chi connectivity index (χ4v) is 7.12. The number of nitrogens with zero attached hydrogens (tertiary/aromatic N) is 2. The summed E-state index contributed by atoms with van der Waals surface area (Å²) >= 11 is 5.88. The van der Waals surface area contributed by atoms with Crippen LogP contribution in [0.4, 0.5) is 0 Å². The third-order valence-corrected chi connectivity index (χ3v) is 7.92. The van der Waals surface area contributed by atoms with E-state index in [1.54, 1.807) is 0 Å². The Kier molecular flexibility index (Phi) is 4.30. The van der Waals surface area contributed by atoms with Crippen molar-refractivity contribution in [2.24, 2.45) is 23.2 Å². The number of carbonyl (C=O) groups is 1. The number of carbonyl (C=O) groups excluding carboxylic acids is 1. The van der Waals surface area contributed by atoms with Crippen LogP contribution in [0.1, 0.15) is 69.5 Å². The molecule has 3 nitrogen and oxygen atoms in total. The van der Waals surface area contributed by atoms with Gasteiger partial charge in [-0.1, -0.05) is 31.9 Å². The Morgan fingerprint density at radius 3 is 2.22 bits per heavy atom. The molecule has 0 spiro atoms. The summed E-state index contributed by atoms with van der Waals surface area (Å²) in [5.74, 6) is 2.61. The molecular weight excluding hydrogens is 352 g/mol. The van der Waals surface area contributed by atoms with E-state index in [2.05, 4.69) is 29.7 Å². The maximum atomic E-state index is 14.0. The van der Waals surface area contributed by atoms with Crippen molar-refractivity contribution in [3.05, 3.63) is 29.0 Å². The van der Waals surface area contributed by atoms with E-state index in [1.807, 2.05) is 10.6 Å². The quantitative estimate of drug-likeness (QED) is 0.453. The molecule has 4 bridgehead atoms. The Morgan fingerprint density at radius 1 is 1.04 bits per heavy atom. The lowest BCUT2D eigenvalue weighted by Crippen LogP contribution is -2.51. The molecule has 4 saturated carbocycles. The van der Waals surface area contributed by atoms with Gasteiger partial charge in [-0.25, -0.2) is 0 Å². The van der Waals surface area contributed by atoms with Gasteiger partial charge in [0.25, 0.3) is 0 Å². The standard InChI is InChI=1S/C23H30N2OS/c1-2-3-6-9-24-19-7-4-5-8-20(19)25(22(24)27)21(26)23-13-16-10-17(14-23)12-18(11-16)15-23/h4-5,7-8,16-18H,2-3,6,9-15H2,1H3. The summed E-state index contributed by atoms with van der Waals surface area (Å²) in [6.07, 6.45) is 10.9. The average molecular weight is 383 g/mol. The molecule has 1 aromatic heterocycles. The fourth-order valence-electron chi connectivity index (χ4n) is 6.75. The predicted molar refractivity (Wildman–Crippen MR) is 112 cm³/mol. The lowest BCUT2D eigenvalue weighted by Gasteiger charge is -2.55. The van der Waals surface area contributed by atoms with Gasteiger partial charge in [0.2, 0.25) is 5.91 Å². The molecule has 4 aliphatic carbocycles. The van der Waals surface area contributed by atoms with Crippen molar-refractivity contribution in [1.82, 2.24) is 9.13 Å². The molecule has 27 heavy (non-hydrogen) atoms. The number of para-hydroxylation sites is 2. The first-order valence-electron chi connectivity index (χ1n) is 10.9. The highest BCUT2D eigenvalue weighted by Crippen LogP contribution is 2.60. The zero-order valence-electron chi connectivity index (χ0n) is 16.3. The van der Waals surface area contributed by atoms with E-state index < -0.39 is 0 Å². The zero-order valence-corrected chi connectivity index (χ0v) is 17.1. The van der Waals surface area contributed by atoms with Crippen molar-refractivity contribution >= 4 is 29.2 Å². The molecular formula is C23H30N2OS. The van der Waals surface area contributed by atoms with E-state index in [9.17, 15) is 4.79 Å². The largest absolute Gasteiger partial charge is 0.316 e. The highest BCUT2D eigenvalue weighted by molar-refractivity contribution is 7.71. The van der Waals surface area contributed by atoms with E-state index in [1.165, 1.54) is 32.1 Å². The maximum absolute atomic E-state index is 14.0. The van der Waals surface area contributed by atoms with Crippen molar-refractivity contribution < 1.29 is 4.79 Å². The monoisotopic (exact) mass is 382 g/mol. The Bertz CT molecular complexity index is 902. The minimum atomic E-state index is -0.147. The molecule has 4 fully saturated rings. The molecule has 1 aromatic carbocycles. The van der Waals surface area contributed by atoms with Gasteiger partial charge < -0.3 is 4.57 Å². The van der Waals surface area contributed by atoms with Gasteiger partial charge in [-0.2, -0.15) is 0 Å². The highest BCUT2D eigenvalue weighted by Gasteiger charge is 2.55. The fraction of sp³-hybridized carbons (Fsp3) is 0.652. The molecule has 0 saturated heterocycles. The van der Waals surface area contributed by atoms with Gasteiger partial charge in [-0.15, -0.1) is 0 Å². The van der Waals surface area contributed by atoms with Gasteiger partial charge in [0, 0.05) is 6.54 Å². The average Bonchev–Trinajstić information content (AvgIpc) is 2.92. The maximum Gasteiger partial charge on any atom is 0.239 e. The third kappa shape index (κ3) is 2.74. The highest BCUT2D eigenvalue weighted by atomic mass is 32.1. The summed E-state index contributed by atoms with van der Waals surface area (Å²) in [5.41, 5.74) is 1.99. The number of imidazole rings is 1. The van der Waals surface area contributed by atoms with E-state index in [4.69, 9.17) is 12.2 Å². The summed E-state index contributed by atoms with van der Waals surface area (Å²) in [4.78, 5) is 14.0. The summed E-state index contributed by atoms with van der Waals surface area (Å²) in [7, 11) is 0. The second-order valence-corrected chi connectivity index (χ2v) is 9.83. The van der Waals surface area contributed by atoms with Crippen LogP contribution in [-0.2, 0) is 6.54 Å². The van der Waals surface area contributed by atoms with Crippen LogP contribution in [-0.4, -0.2) is 15.0 Å². The van der Waals surface area contributed by atoms with E-state index in [0.717, 1.165) is 61.0 Å². The molecule has 0 aliphatic heterocycles. The minimum Gasteiger partial charge on any atom is -0.316 e. The van der Waals surface area contributed by atoms with Gasteiger partial charge in [0.05, 0.1) is 16.4 Å². The second kappa shape index (κ2) is 6.58. The van der Waals surface area contributed by atoms with Gasteiger partial charge in [-0.3, -0.25) is 9.36 Å². The predicted octanol–water partition coefficient (Wildman–Crippen LogP) is 6.22. The summed E-state index contributed by atoms with van der Waals surface area (Å²) in [5, 5.41) is 0. The molecule has 0 atom stereocenters. The zero-order chi connectivity index (χ0) is 18.6. The number of unbranched alkanes of at least 4 members (excludes halogenated alkanes) is 2. The number of hydrogen-bond donors (Lipinski definition) is 0. The molecule has 0 unspecified atom stereocenters. The van der Waals surface area contributed by atoms with Crippen LogP contribution in [0.25, 0.3) is 11.0 Å². The van der Waals surface area contributed by atoms with Crippen molar-refractivity contribution in [2.45, 2.75) is 71.3 Å². The number of aryl methyl sites for hydroxylation is 1. The lowest BCUT2D eigenvalue weighted by molar-refractivity contribution is -0.0399. The Morgan fingerprint density at radius 2 is 1.63 bits per heavy atom.